The molecule has 0 aliphatic rings. The van der Waals surface area contributed by atoms with Crippen LogP contribution in [-0.4, -0.2) is 58.6 Å². The van der Waals surface area contributed by atoms with Crippen molar-refractivity contribution in [3.05, 3.63) is 72.8 Å². The topological polar surface area (TPSA) is 0 Å². The Morgan fingerprint density at radius 3 is 0.587 bits per heavy atom. The Labute approximate surface area is 304 Å². The van der Waals surface area contributed by atoms with Crippen molar-refractivity contribution in [2.45, 2.75) is 114 Å². The molecule has 0 N–H and O–H groups in total. The zero-order valence-corrected chi connectivity index (χ0v) is 38.9. The van der Waals surface area contributed by atoms with Crippen molar-refractivity contribution in [2.24, 2.45) is 35.5 Å². The van der Waals surface area contributed by atoms with Gasteiger partial charge in [0.05, 0.1) is 0 Å². The van der Waals surface area contributed by atoms with E-state index in [1.54, 1.807) is 26.1 Å². The Balaban J connectivity index is 2.05. The van der Waals surface area contributed by atoms with Crippen molar-refractivity contribution in [2.75, 3.05) is 0 Å². The third-order valence-electron chi connectivity index (χ3n) is 7.93. The van der Waals surface area contributed by atoms with Crippen LogP contribution in [0.3, 0.4) is 0 Å². The molecule has 0 bridgehead atoms. The normalized spacial score (nSPS) is 12.7. The molecule has 0 spiro atoms. The second-order valence-electron chi connectivity index (χ2n) is 16.0. The molecule has 0 fully saturated rings. The van der Waals surface area contributed by atoms with Crippen LogP contribution in [0.1, 0.15) is 83.1 Å². The standard InChI is InChI=1S/C42H66As4/c1-31(2)25-43(26-32(3)4)37-13-19-40(20-14-37)46(41-21-15-38(16-22-41)44(27-33(5)6)28-34(7)8)42-23-17-39(18-24-42)45(29-35(9)10)30-36(11)12/h13-24,31-36H,25-30H2,1-12H3. The molecule has 3 aromatic carbocycles. The zero-order chi connectivity index (χ0) is 34.0. The van der Waals surface area contributed by atoms with Crippen molar-refractivity contribution in [3.63, 3.8) is 0 Å². The predicted molar refractivity (Wildman–Crippen MR) is 218 cm³/mol. The molecule has 0 aromatic heterocycles. The van der Waals surface area contributed by atoms with Gasteiger partial charge >= 0.3 is 307 Å². The second kappa shape index (κ2) is 19.9. The molecule has 0 nitrogen and oxygen atoms in total. The molecule has 0 atom stereocenters. The van der Waals surface area contributed by atoms with Gasteiger partial charge in [0.15, 0.2) is 0 Å². The Morgan fingerprint density at radius 2 is 0.435 bits per heavy atom. The fraction of sp³-hybridized carbons (Fsp3) is 0.571. The summed E-state index contributed by atoms with van der Waals surface area (Å²) in [4.78, 5) is 0. The van der Waals surface area contributed by atoms with E-state index in [-0.39, 0.29) is 0 Å². The maximum absolute atomic E-state index is 2.56. The van der Waals surface area contributed by atoms with Crippen molar-refractivity contribution >= 4 is 84.7 Å². The first-order chi connectivity index (χ1) is 21.7. The van der Waals surface area contributed by atoms with E-state index in [4.69, 9.17) is 0 Å². The number of hydrogen-bond acceptors (Lipinski definition) is 0. The average molecular weight is 871 g/mol. The molecule has 0 unspecified atom stereocenters. The zero-order valence-electron chi connectivity index (χ0n) is 31.4. The number of rotatable bonds is 18. The molecule has 0 saturated heterocycles. The monoisotopic (exact) mass is 870 g/mol. The maximum atomic E-state index is 2.56. The van der Waals surface area contributed by atoms with Crippen LogP contribution in [0.15, 0.2) is 72.8 Å². The van der Waals surface area contributed by atoms with Crippen LogP contribution in [0, 0.1) is 35.5 Å². The molecule has 46 heavy (non-hydrogen) atoms. The van der Waals surface area contributed by atoms with E-state index in [0.29, 0.717) is 0 Å². The molecule has 0 heterocycles. The van der Waals surface area contributed by atoms with Crippen LogP contribution in [0.5, 0.6) is 0 Å². The van der Waals surface area contributed by atoms with Crippen LogP contribution in [0.2, 0.25) is 31.3 Å². The molecule has 254 valence electrons. The molecule has 4 heteroatoms. The summed E-state index contributed by atoms with van der Waals surface area (Å²) < 4.78 is 9.84. The van der Waals surface area contributed by atoms with E-state index < -0.39 is 58.6 Å². The van der Waals surface area contributed by atoms with Gasteiger partial charge in [0.1, 0.15) is 0 Å². The van der Waals surface area contributed by atoms with E-state index in [9.17, 15) is 0 Å². The van der Waals surface area contributed by atoms with Crippen LogP contribution >= 0.6 is 0 Å². The van der Waals surface area contributed by atoms with Gasteiger partial charge in [-0.25, -0.2) is 0 Å². The molecule has 0 amide bonds. The fourth-order valence-electron chi connectivity index (χ4n) is 6.39. The Kier molecular flexibility index (Phi) is 17.5. The van der Waals surface area contributed by atoms with Gasteiger partial charge in [0, 0.05) is 0 Å². The van der Waals surface area contributed by atoms with E-state index in [2.05, 4.69) is 156 Å². The van der Waals surface area contributed by atoms with E-state index in [1.165, 1.54) is 31.3 Å². The van der Waals surface area contributed by atoms with Crippen molar-refractivity contribution < 1.29 is 0 Å². The van der Waals surface area contributed by atoms with Crippen molar-refractivity contribution in [1.82, 2.24) is 0 Å². The van der Waals surface area contributed by atoms with Crippen LogP contribution < -0.4 is 26.1 Å². The molecule has 0 aliphatic heterocycles. The number of benzene rings is 3. The minimum absolute atomic E-state index is 0.788. The summed E-state index contributed by atoms with van der Waals surface area (Å²) in [5, 5.41) is 8.53. The van der Waals surface area contributed by atoms with Gasteiger partial charge in [0.25, 0.3) is 0 Å². The van der Waals surface area contributed by atoms with Crippen molar-refractivity contribution in [3.8, 4) is 0 Å². The molecular formula is C42H66As4. The first-order valence-corrected chi connectivity index (χ1v) is 31.7. The van der Waals surface area contributed by atoms with Gasteiger partial charge in [-0.2, -0.15) is 0 Å². The predicted octanol–water partition coefficient (Wildman–Crippen LogP) is 8.24. The Hall–Kier alpha value is -0.106. The Morgan fingerprint density at radius 1 is 0.283 bits per heavy atom. The molecular weight excluding hydrogens is 804 g/mol. The summed E-state index contributed by atoms with van der Waals surface area (Å²) in [5.41, 5.74) is 0. The molecule has 0 radical (unpaired) electrons. The van der Waals surface area contributed by atoms with Gasteiger partial charge in [-0.1, -0.05) is 0 Å². The van der Waals surface area contributed by atoms with E-state index in [0.717, 1.165) is 35.5 Å². The summed E-state index contributed by atoms with van der Waals surface area (Å²) in [6.07, 6.45) is 0. The minimum atomic E-state index is -1.68. The quantitative estimate of drug-likeness (QED) is 0.113. The Bertz CT molecular complexity index is 1070. The van der Waals surface area contributed by atoms with Crippen LogP contribution in [0.25, 0.3) is 0 Å². The van der Waals surface area contributed by atoms with Gasteiger partial charge in [-0.05, 0) is 0 Å². The second-order valence-corrected chi connectivity index (χ2v) is 35.3. The molecule has 3 aromatic rings. The van der Waals surface area contributed by atoms with Crippen molar-refractivity contribution in [1.29, 1.82) is 0 Å². The average Bonchev–Trinajstić information content (AvgIpc) is 2.96. The summed E-state index contributed by atoms with van der Waals surface area (Å²) >= 11 is -4.83. The summed E-state index contributed by atoms with van der Waals surface area (Å²) in [6.45, 7) is 29.0. The molecule has 0 saturated carbocycles. The van der Waals surface area contributed by atoms with Gasteiger partial charge in [0.2, 0.25) is 0 Å². The molecule has 0 aliphatic carbocycles. The SMILES string of the molecule is CC(C)C[As](CC(C)C)c1ccc([As](c2ccc([As](CC(C)C)CC(C)C)cc2)c2ccc([As](CC(C)C)CC(C)C)cc2)cc1. The van der Waals surface area contributed by atoms with Gasteiger partial charge in [-0.3, -0.25) is 0 Å². The van der Waals surface area contributed by atoms with Gasteiger partial charge < -0.3 is 0 Å². The van der Waals surface area contributed by atoms with E-state index >= 15 is 0 Å². The summed E-state index contributed by atoms with van der Waals surface area (Å²) in [5.74, 6) is 4.73. The number of hydrogen-bond donors (Lipinski definition) is 0. The third kappa shape index (κ3) is 13.3. The first-order valence-electron chi connectivity index (χ1n) is 18.1. The van der Waals surface area contributed by atoms with Crippen LogP contribution in [0.4, 0.5) is 0 Å². The van der Waals surface area contributed by atoms with Crippen LogP contribution in [-0.2, 0) is 0 Å². The van der Waals surface area contributed by atoms with E-state index in [1.807, 2.05) is 0 Å². The molecule has 3 rings (SSSR count). The van der Waals surface area contributed by atoms with Gasteiger partial charge in [-0.15, -0.1) is 0 Å². The first kappa shape index (κ1) is 40.3. The summed E-state index contributed by atoms with van der Waals surface area (Å²) in [6, 6.07) is 30.7. The fourth-order valence-corrected chi connectivity index (χ4v) is 29.4. The summed E-state index contributed by atoms with van der Waals surface area (Å²) in [7, 11) is 0. The third-order valence-corrected chi connectivity index (χ3v) is 34.3.